The molecule has 1 aromatic heterocycles. The zero-order valence-corrected chi connectivity index (χ0v) is 8.61. The summed E-state index contributed by atoms with van der Waals surface area (Å²) in [6.45, 7) is 1.68. The Morgan fingerprint density at radius 3 is 3.00 bits per heavy atom. The number of hydrogen-bond acceptors (Lipinski definition) is 4. The monoisotopic (exact) mass is 212 g/mol. The second-order valence-corrected chi connectivity index (χ2v) is 3.83. The third-order valence-corrected chi connectivity index (χ3v) is 2.76. The fourth-order valence-electron chi connectivity index (χ4n) is 1.84. The lowest BCUT2D eigenvalue weighted by molar-refractivity contribution is 0.667. The van der Waals surface area contributed by atoms with E-state index in [4.69, 9.17) is 17.3 Å². The van der Waals surface area contributed by atoms with E-state index < -0.39 is 0 Å². The normalized spacial score (nSPS) is 21.6. The van der Waals surface area contributed by atoms with Crippen LogP contribution in [0.15, 0.2) is 12.1 Å². The van der Waals surface area contributed by atoms with E-state index in [0.29, 0.717) is 17.7 Å². The van der Waals surface area contributed by atoms with E-state index in [1.807, 2.05) is 6.07 Å². The highest BCUT2D eigenvalue weighted by Gasteiger charge is 2.24. The molecular formula is C9H13ClN4. The summed E-state index contributed by atoms with van der Waals surface area (Å²) >= 11 is 5.67. The summed E-state index contributed by atoms with van der Waals surface area (Å²) in [5.41, 5.74) is 5.68. The molecule has 1 atom stereocenters. The van der Waals surface area contributed by atoms with Gasteiger partial charge in [0, 0.05) is 19.1 Å². The van der Waals surface area contributed by atoms with Crippen molar-refractivity contribution in [3.05, 3.63) is 17.3 Å². The summed E-state index contributed by atoms with van der Waals surface area (Å²) in [6, 6.07) is 4.06. The fourth-order valence-corrected chi connectivity index (χ4v) is 1.95. The van der Waals surface area contributed by atoms with Crippen LogP contribution in [0.1, 0.15) is 12.8 Å². The molecule has 2 N–H and O–H groups in total. The van der Waals surface area contributed by atoms with Gasteiger partial charge in [-0.15, -0.1) is 10.2 Å². The second-order valence-electron chi connectivity index (χ2n) is 3.44. The maximum atomic E-state index is 5.68. The molecule has 0 amide bonds. The topological polar surface area (TPSA) is 55.0 Å². The van der Waals surface area contributed by atoms with Gasteiger partial charge in [-0.25, -0.2) is 0 Å². The maximum Gasteiger partial charge on any atom is 0.151 e. The van der Waals surface area contributed by atoms with Gasteiger partial charge < -0.3 is 10.6 Å². The lowest BCUT2D eigenvalue weighted by Crippen LogP contribution is -2.35. The molecular weight excluding hydrogens is 200 g/mol. The quantitative estimate of drug-likeness (QED) is 0.797. The molecule has 5 heteroatoms. The second kappa shape index (κ2) is 4.11. The minimum atomic E-state index is 0.408. The Hall–Kier alpha value is -0.870. The van der Waals surface area contributed by atoms with Gasteiger partial charge in [0.1, 0.15) is 0 Å². The summed E-state index contributed by atoms with van der Waals surface area (Å²) < 4.78 is 0. The Morgan fingerprint density at radius 2 is 2.36 bits per heavy atom. The van der Waals surface area contributed by atoms with E-state index >= 15 is 0 Å². The van der Waals surface area contributed by atoms with Crippen molar-refractivity contribution in [3.63, 3.8) is 0 Å². The van der Waals surface area contributed by atoms with Gasteiger partial charge in [0.25, 0.3) is 0 Å². The minimum absolute atomic E-state index is 0.408. The van der Waals surface area contributed by atoms with Gasteiger partial charge in [0.05, 0.1) is 0 Å². The van der Waals surface area contributed by atoms with Gasteiger partial charge in [-0.2, -0.15) is 0 Å². The third kappa shape index (κ3) is 1.81. The fraction of sp³-hybridized carbons (Fsp3) is 0.556. The molecule has 1 aromatic rings. The van der Waals surface area contributed by atoms with Crippen molar-refractivity contribution >= 4 is 17.4 Å². The number of anilines is 1. The Bertz CT molecular complexity index is 300. The zero-order valence-electron chi connectivity index (χ0n) is 7.86. The van der Waals surface area contributed by atoms with Gasteiger partial charge in [-0.3, -0.25) is 0 Å². The van der Waals surface area contributed by atoms with Crippen LogP contribution in [0, 0.1) is 0 Å². The molecule has 76 valence electrons. The molecule has 0 unspecified atom stereocenters. The first kappa shape index (κ1) is 9.68. The van der Waals surface area contributed by atoms with Crippen LogP contribution in [0.2, 0.25) is 5.15 Å². The molecule has 0 spiro atoms. The van der Waals surface area contributed by atoms with Crippen molar-refractivity contribution in [3.8, 4) is 0 Å². The Kier molecular flexibility index (Phi) is 2.84. The number of aromatic nitrogens is 2. The molecule has 2 rings (SSSR count). The summed E-state index contributed by atoms with van der Waals surface area (Å²) in [6.07, 6.45) is 2.31. The molecule has 0 aromatic carbocycles. The van der Waals surface area contributed by atoms with Crippen LogP contribution < -0.4 is 10.6 Å². The van der Waals surface area contributed by atoms with Gasteiger partial charge in [0.15, 0.2) is 11.0 Å². The number of halogens is 1. The van der Waals surface area contributed by atoms with E-state index in [1.54, 1.807) is 6.07 Å². The van der Waals surface area contributed by atoms with Crippen molar-refractivity contribution < 1.29 is 0 Å². The number of nitrogens with two attached hydrogens (primary N) is 1. The van der Waals surface area contributed by atoms with Crippen molar-refractivity contribution in [2.75, 3.05) is 18.0 Å². The van der Waals surface area contributed by atoms with Crippen molar-refractivity contribution in [2.45, 2.75) is 18.9 Å². The lowest BCUT2D eigenvalue weighted by atomic mass is 10.2. The molecule has 0 bridgehead atoms. The molecule has 1 saturated heterocycles. The maximum absolute atomic E-state index is 5.68. The highest BCUT2D eigenvalue weighted by molar-refractivity contribution is 6.29. The van der Waals surface area contributed by atoms with E-state index in [2.05, 4.69) is 15.1 Å². The third-order valence-electron chi connectivity index (χ3n) is 2.56. The van der Waals surface area contributed by atoms with Crippen molar-refractivity contribution in [1.82, 2.24) is 10.2 Å². The molecule has 1 aliphatic heterocycles. The van der Waals surface area contributed by atoms with Crippen LogP contribution >= 0.6 is 11.6 Å². The van der Waals surface area contributed by atoms with Crippen LogP contribution in [0.25, 0.3) is 0 Å². The van der Waals surface area contributed by atoms with E-state index in [-0.39, 0.29) is 0 Å². The number of nitrogens with zero attached hydrogens (tertiary/aromatic N) is 3. The lowest BCUT2D eigenvalue weighted by Gasteiger charge is -2.23. The first-order valence-electron chi connectivity index (χ1n) is 4.77. The van der Waals surface area contributed by atoms with Gasteiger partial charge in [-0.1, -0.05) is 11.6 Å². The van der Waals surface area contributed by atoms with Gasteiger partial charge >= 0.3 is 0 Å². The van der Waals surface area contributed by atoms with Crippen molar-refractivity contribution in [1.29, 1.82) is 0 Å². The molecule has 0 saturated carbocycles. The molecule has 14 heavy (non-hydrogen) atoms. The van der Waals surface area contributed by atoms with Crippen LogP contribution in [0.3, 0.4) is 0 Å². The molecule has 2 heterocycles. The zero-order chi connectivity index (χ0) is 9.97. The largest absolute Gasteiger partial charge is 0.351 e. The van der Waals surface area contributed by atoms with E-state index in [1.165, 1.54) is 6.42 Å². The number of hydrogen-bond donors (Lipinski definition) is 1. The Labute approximate surface area is 88.1 Å². The van der Waals surface area contributed by atoms with Gasteiger partial charge in [-0.05, 0) is 25.0 Å². The van der Waals surface area contributed by atoms with Crippen LogP contribution in [-0.2, 0) is 0 Å². The Morgan fingerprint density at radius 1 is 1.50 bits per heavy atom. The molecule has 1 fully saturated rings. The molecule has 0 aliphatic carbocycles. The summed E-state index contributed by atoms with van der Waals surface area (Å²) in [5.74, 6) is 0.877. The van der Waals surface area contributed by atoms with Crippen molar-refractivity contribution in [2.24, 2.45) is 5.73 Å². The minimum Gasteiger partial charge on any atom is -0.351 e. The highest BCUT2D eigenvalue weighted by Crippen LogP contribution is 2.22. The predicted octanol–water partition coefficient (Wildman–Crippen LogP) is 1.06. The summed E-state index contributed by atoms with van der Waals surface area (Å²) in [5, 5.41) is 8.30. The first-order chi connectivity index (χ1) is 6.81. The predicted molar refractivity (Wildman–Crippen MR) is 56.5 cm³/mol. The molecule has 1 aliphatic rings. The molecule has 0 radical (unpaired) electrons. The molecule has 4 nitrogen and oxygen atoms in total. The van der Waals surface area contributed by atoms with E-state index in [0.717, 1.165) is 18.8 Å². The van der Waals surface area contributed by atoms with Crippen LogP contribution in [0.5, 0.6) is 0 Å². The van der Waals surface area contributed by atoms with Crippen LogP contribution in [-0.4, -0.2) is 29.3 Å². The highest BCUT2D eigenvalue weighted by atomic mass is 35.5. The first-order valence-corrected chi connectivity index (χ1v) is 5.15. The number of rotatable bonds is 2. The Balaban J connectivity index is 2.17. The SMILES string of the molecule is NC[C@H]1CCCN1c1ccc(Cl)nn1. The van der Waals surface area contributed by atoms with E-state index in [9.17, 15) is 0 Å². The average Bonchev–Trinajstić information content (AvgIpc) is 2.67. The summed E-state index contributed by atoms with van der Waals surface area (Å²) in [7, 11) is 0. The average molecular weight is 213 g/mol. The summed E-state index contributed by atoms with van der Waals surface area (Å²) in [4.78, 5) is 2.20. The van der Waals surface area contributed by atoms with Crippen LogP contribution in [0.4, 0.5) is 5.82 Å². The standard InChI is InChI=1S/C9H13ClN4/c10-8-3-4-9(13-12-8)14-5-1-2-7(14)6-11/h3-4,7H,1-2,5-6,11H2/t7-/m1/s1. The van der Waals surface area contributed by atoms with Gasteiger partial charge in [0.2, 0.25) is 0 Å². The smallest absolute Gasteiger partial charge is 0.151 e.